The van der Waals surface area contributed by atoms with E-state index in [1.807, 2.05) is 4.57 Å². The average molecular weight is 205 g/mol. The van der Waals surface area contributed by atoms with E-state index in [1.165, 1.54) is 0 Å². The Hall–Kier alpha value is -1.69. The van der Waals surface area contributed by atoms with Gasteiger partial charge in [-0.1, -0.05) is 0 Å². The molecular formula is C9H11N5O. The summed E-state index contributed by atoms with van der Waals surface area (Å²) >= 11 is 0. The van der Waals surface area contributed by atoms with Gasteiger partial charge in [-0.25, -0.2) is 9.97 Å². The third kappa shape index (κ3) is 1.25. The lowest BCUT2D eigenvalue weighted by molar-refractivity contribution is 0.185. The number of H-pyrrole nitrogens is 1. The topological polar surface area (TPSA) is 79.6 Å². The lowest BCUT2D eigenvalue weighted by Gasteiger charge is -2.11. The molecule has 0 aromatic carbocycles. The Morgan fingerprint density at radius 1 is 1.53 bits per heavy atom. The Balaban J connectivity index is 2.18. The van der Waals surface area contributed by atoms with Crippen LogP contribution >= 0.6 is 0 Å². The van der Waals surface area contributed by atoms with Crippen molar-refractivity contribution in [2.24, 2.45) is 0 Å². The molecule has 78 valence electrons. The first-order valence-electron chi connectivity index (χ1n) is 4.89. The van der Waals surface area contributed by atoms with E-state index in [0.29, 0.717) is 23.3 Å². The van der Waals surface area contributed by atoms with Crippen molar-refractivity contribution in [3.8, 4) is 0 Å². The van der Waals surface area contributed by atoms with Crippen LogP contribution in [0.5, 0.6) is 0 Å². The summed E-state index contributed by atoms with van der Waals surface area (Å²) in [7, 11) is 0. The molecule has 0 bridgehead atoms. The van der Waals surface area contributed by atoms with Crippen LogP contribution in [0.4, 0.5) is 0 Å². The van der Waals surface area contributed by atoms with E-state index in [0.717, 1.165) is 13.0 Å². The Bertz CT molecular complexity index is 537. The van der Waals surface area contributed by atoms with Gasteiger partial charge in [0.1, 0.15) is 5.52 Å². The zero-order chi connectivity index (χ0) is 10.3. The maximum Gasteiger partial charge on any atom is 0.182 e. The first kappa shape index (κ1) is 8.60. The average Bonchev–Trinajstić information content (AvgIpc) is 2.87. The van der Waals surface area contributed by atoms with E-state index in [4.69, 9.17) is 10.1 Å². The molecule has 2 N–H and O–H groups in total. The molecule has 2 aromatic heterocycles. The third-order valence-electron chi connectivity index (χ3n) is 2.72. The molecule has 0 saturated carbocycles. The van der Waals surface area contributed by atoms with Gasteiger partial charge in [-0.05, 0) is 6.42 Å². The fraction of sp³-hybridized carbons (Fsp3) is 0.444. The maximum atomic E-state index is 8.02. The summed E-state index contributed by atoms with van der Waals surface area (Å²) in [4.78, 5) is 11.1. The lowest BCUT2D eigenvalue weighted by Crippen LogP contribution is -2.25. The molecule has 1 aliphatic rings. The van der Waals surface area contributed by atoms with Crippen LogP contribution in [0.25, 0.3) is 11.2 Å². The number of nitrogens with one attached hydrogen (secondary N) is 2. The van der Waals surface area contributed by atoms with E-state index in [9.17, 15) is 0 Å². The molecule has 1 atom stereocenters. The maximum absolute atomic E-state index is 8.02. The van der Waals surface area contributed by atoms with E-state index in [1.54, 1.807) is 12.7 Å². The van der Waals surface area contributed by atoms with E-state index in [2.05, 4.69) is 15.0 Å². The summed E-state index contributed by atoms with van der Waals surface area (Å²) in [5, 5.41) is 8.02. The van der Waals surface area contributed by atoms with Gasteiger partial charge in [-0.3, -0.25) is 5.41 Å². The van der Waals surface area contributed by atoms with Crippen molar-refractivity contribution >= 4 is 11.2 Å². The zero-order valence-electron chi connectivity index (χ0n) is 8.10. The summed E-state index contributed by atoms with van der Waals surface area (Å²) in [5.41, 5.74) is 1.70. The van der Waals surface area contributed by atoms with Crippen LogP contribution in [-0.4, -0.2) is 32.7 Å². The van der Waals surface area contributed by atoms with Crippen molar-refractivity contribution in [1.29, 1.82) is 5.41 Å². The van der Waals surface area contributed by atoms with Crippen molar-refractivity contribution in [3.63, 3.8) is 0 Å². The molecule has 6 heteroatoms. The van der Waals surface area contributed by atoms with Crippen LogP contribution in [0.2, 0.25) is 0 Å². The Morgan fingerprint density at radius 3 is 3.27 bits per heavy atom. The minimum atomic E-state index is 0.234. The number of aromatic amines is 1. The number of imidazole rings is 1. The largest absolute Gasteiger partial charge is 0.379 e. The molecule has 0 radical (unpaired) electrons. The molecule has 0 spiro atoms. The van der Waals surface area contributed by atoms with Gasteiger partial charge in [-0.15, -0.1) is 0 Å². The van der Waals surface area contributed by atoms with Gasteiger partial charge >= 0.3 is 0 Å². The first-order chi connectivity index (χ1) is 7.36. The van der Waals surface area contributed by atoms with Gasteiger partial charge < -0.3 is 14.3 Å². The summed E-state index contributed by atoms with van der Waals surface area (Å²) in [6.45, 7) is 1.43. The van der Waals surface area contributed by atoms with Crippen molar-refractivity contribution in [2.75, 3.05) is 13.2 Å². The predicted octanol–water partition coefficient (Wildman–Crippen LogP) is 0.200. The fourth-order valence-electron chi connectivity index (χ4n) is 1.88. The fourth-order valence-corrected chi connectivity index (χ4v) is 1.88. The second-order valence-corrected chi connectivity index (χ2v) is 3.62. The molecular weight excluding hydrogens is 194 g/mol. The number of hydrogen-bond donors (Lipinski definition) is 2. The number of hydrogen-bond acceptors (Lipinski definition) is 4. The number of fused-ring (bicyclic) bond motifs is 1. The van der Waals surface area contributed by atoms with Gasteiger partial charge in [-0.2, -0.15) is 0 Å². The zero-order valence-corrected chi connectivity index (χ0v) is 8.10. The monoisotopic (exact) mass is 205 g/mol. The number of ether oxygens (including phenoxy) is 1. The quantitative estimate of drug-likeness (QED) is 0.698. The SMILES string of the molecule is N=c1c2[nH]cnc2ncn1[C@H]1CCOC1. The number of nitrogens with zero attached hydrogens (tertiary/aromatic N) is 3. The number of rotatable bonds is 1. The molecule has 3 rings (SSSR count). The van der Waals surface area contributed by atoms with Crippen molar-refractivity contribution in [1.82, 2.24) is 19.5 Å². The molecule has 0 amide bonds. The lowest BCUT2D eigenvalue weighted by atomic mass is 10.2. The number of aromatic nitrogens is 4. The smallest absolute Gasteiger partial charge is 0.182 e. The van der Waals surface area contributed by atoms with Crippen LogP contribution in [0.3, 0.4) is 0 Å². The van der Waals surface area contributed by atoms with Crippen LogP contribution in [0.1, 0.15) is 12.5 Å². The van der Waals surface area contributed by atoms with Crippen LogP contribution in [0.15, 0.2) is 12.7 Å². The highest BCUT2D eigenvalue weighted by Crippen LogP contribution is 2.16. The molecule has 1 aliphatic heterocycles. The van der Waals surface area contributed by atoms with E-state index >= 15 is 0 Å². The minimum absolute atomic E-state index is 0.234. The summed E-state index contributed by atoms with van der Waals surface area (Å²) in [5.74, 6) is 0. The molecule has 3 heterocycles. The first-order valence-corrected chi connectivity index (χ1v) is 4.89. The van der Waals surface area contributed by atoms with Crippen molar-refractivity contribution in [3.05, 3.63) is 18.1 Å². The molecule has 1 fully saturated rings. The summed E-state index contributed by atoms with van der Waals surface area (Å²) in [6.07, 6.45) is 4.17. The Kier molecular flexibility index (Phi) is 1.81. The van der Waals surface area contributed by atoms with Crippen molar-refractivity contribution in [2.45, 2.75) is 12.5 Å². The normalized spacial score (nSPS) is 21.2. The van der Waals surface area contributed by atoms with Crippen LogP contribution in [-0.2, 0) is 4.74 Å². The second kappa shape index (κ2) is 3.16. The Morgan fingerprint density at radius 2 is 2.47 bits per heavy atom. The van der Waals surface area contributed by atoms with Gasteiger partial charge in [0.2, 0.25) is 0 Å². The van der Waals surface area contributed by atoms with Gasteiger partial charge in [0.25, 0.3) is 0 Å². The Labute approximate surface area is 85.4 Å². The van der Waals surface area contributed by atoms with Crippen LogP contribution < -0.4 is 5.49 Å². The minimum Gasteiger partial charge on any atom is -0.379 e. The molecule has 2 aromatic rings. The van der Waals surface area contributed by atoms with Gasteiger partial charge in [0.15, 0.2) is 11.1 Å². The van der Waals surface area contributed by atoms with E-state index in [-0.39, 0.29) is 6.04 Å². The van der Waals surface area contributed by atoms with Gasteiger partial charge in [0.05, 0.1) is 25.3 Å². The molecule has 0 unspecified atom stereocenters. The molecule has 6 nitrogen and oxygen atoms in total. The second-order valence-electron chi connectivity index (χ2n) is 3.62. The summed E-state index contributed by atoms with van der Waals surface area (Å²) < 4.78 is 7.14. The standard InChI is InChI=1S/C9H11N5O/c10-8-7-9(12-4-11-7)13-5-14(8)6-1-2-15-3-6/h4-6,10H,1-3H2,(H,11,12)/t6-/m0/s1. The molecule has 0 aliphatic carbocycles. The van der Waals surface area contributed by atoms with Crippen molar-refractivity contribution < 1.29 is 4.74 Å². The summed E-state index contributed by atoms with van der Waals surface area (Å²) in [6, 6.07) is 0.234. The van der Waals surface area contributed by atoms with Gasteiger partial charge in [0, 0.05) is 6.61 Å². The third-order valence-corrected chi connectivity index (χ3v) is 2.72. The highest BCUT2D eigenvalue weighted by molar-refractivity contribution is 5.67. The predicted molar refractivity (Wildman–Crippen MR) is 52.2 cm³/mol. The highest BCUT2D eigenvalue weighted by Gasteiger charge is 2.18. The highest BCUT2D eigenvalue weighted by atomic mass is 16.5. The van der Waals surface area contributed by atoms with E-state index < -0.39 is 0 Å². The van der Waals surface area contributed by atoms with Crippen LogP contribution in [0, 0.1) is 5.41 Å². The molecule has 1 saturated heterocycles. The molecule has 15 heavy (non-hydrogen) atoms.